The monoisotopic (exact) mass is 314 g/mol. The highest BCUT2D eigenvalue weighted by Crippen LogP contribution is 2.47. The highest BCUT2D eigenvalue weighted by atomic mass is 16.2. The lowest BCUT2D eigenvalue weighted by Gasteiger charge is -2.19. The van der Waals surface area contributed by atoms with E-state index in [1.807, 2.05) is 6.07 Å². The van der Waals surface area contributed by atoms with Crippen molar-refractivity contribution in [3.05, 3.63) is 33.2 Å². The molecule has 1 amide bonds. The van der Waals surface area contributed by atoms with Crippen LogP contribution in [-0.4, -0.2) is 17.4 Å². The molecule has 3 atom stereocenters. The number of amides is 1. The maximum absolute atomic E-state index is 12.5. The zero-order valence-corrected chi connectivity index (χ0v) is 13.7. The van der Waals surface area contributed by atoms with Crippen molar-refractivity contribution in [2.75, 3.05) is 6.54 Å². The van der Waals surface area contributed by atoms with E-state index in [1.54, 1.807) is 0 Å². The number of carbonyl (C=O) groups is 1. The van der Waals surface area contributed by atoms with Crippen LogP contribution in [0.15, 0.2) is 10.9 Å². The van der Waals surface area contributed by atoms with Crippen LogP contribution in [0, 0.1) is 17.8 Å². The number of carbonyl (C=O) groups excluding carboxylic acids is 1. The summed E-state index contributed by atoms with van der Waals surface area (Å²) >= 11 is 0. The fourth-order valence-electron chi connectivity index (χ4n) is 5.10. The van der Waals surface area contributed by atoms with Crippen LogP contribution in [0.5, 0.6) is 0 Å². The van der Waals surface area contributed by atoms with Crippen LogP contribution in [0.2, 0.25) is 0 Å². The first-order valence-electron chi connectivity index (χ1n) is 9.25. The third-order valence-corrected chi connectivity index (χ3v) is 6.34. The van der Waals surface area contributed by atoms with E-state index in [0.29, 0.717) is 11.5 Å². The summed E-state index contributed by atoms with van der Waals surface area (Å²) in [6.45, 7) is 0.733. The number of H-pyrrole nitrogens is 1. The molecule has 1 heterocycles. The van der Waals surface area contributed by atoms with Crippen molar-refractivity contribution in [2.24, 2.45) is 17.8 Å². The largest absolute Gasteiger partial charge is 0.352 e. The summed E-state index contributed by atoms with van der Waals surface area (Å²) < 4.78 is 0. The predicted octanol–water partition coefficient (Wildman–Crippen LogP) is 2.81. The maximum atomic E-state index is 12.5. The van der Waals surface area contributed by atoms with Gasteiger partial charge in [-0.05, 0) is 74.3 Å². The van der Waals surface area contributed by atoms with Crippen LogP contribution in [0.1, 0.15) is 66.6 Å². The van der Waals surface area contributed by atoms with E-state index in [1.165, 1.54) is 32.1 Å². The first-order valence-corrected chi connectivity index (χ1v) is 9.25. The quantitative estimate of drug-likeness (QED) is 0.901. The van der Waals surface area contributed by atoms with Gasteiger partial charge in [0.2, 0.25) is 0 Å². The molecule has 1 aromatic heterocycles. The molecule has 0 spiro atoms. The van der Waals surface area contributed by atoms with Crippen LogP contribution in [0.25, 0.3) is 0 Å². The summed E-state index contributed by atoms with van der Waals surface area (Å²) in [5.41, 5.74) is 2.25. The molecule has 4 heteroatoms. The van der Waals surface area contributed by atoms with Gasteiger partial charge in [-0.3, -0.25) is 9.59 Å². The van der Waals surface area contributed by atoms with Gasteiger partial charge in [0, 0.05) is 12.2 Å². The van der Waals surface area contributed by atoms with E-state index in [-0.39, 0.29) is 11.5 Å². The van der Waals surface area contributed by atoms with Crippen LogP contribution in [-0.2, 0) is 12.8 Å². The average molecular weight is 314 g/mol. The van der Waals surface area contributed by atoms with E-state index in [2.05, 4.69) is 10.3 Å². The fourth-order valence-corrected chi connectivity index (χ4v) is 5.10. The number of nitrogens with one attached hydrogen (secondary N) is 2. The molecule has 23 heavy (non-hydrogen) atoms. The van der Waals surface area contributed by atoms with Gasteiger partial charge in [0.1, 0.15) is 5.56 Å². The summed E-state index contributed by atoms with van der Waals surface area (Å²) in [5.74, 6) is 2.12. The van der Waals surface area contributed by atoms with Gasteiger partial charge in [0.25, 0.3) is 11.5 Å². The molecule has 4 nitrogen and oxygen atoms in total. The summed E-state index contributed by atoms with van der Waals surface area (Å²) in [4.78, 5) is 27.6. The van der Waals surface area contributed by atoms with Gasteiger partial charge >= 0.3 is 0 Å². The average Bonchev–Trinajstić information content (AvgIpc) is 3.15. The molecule has 0 aromatic carbocycles. The number of hydrogen-bond donors (Lipinski definition) is 2. The number of rotatable bonds is 3. The molecule has 0 saturated heterocycles. The van der Waals surface area contributed by atoms with E-state index in [0.717, 1.165) is 55.3 Å². The minimum absolute atomic E-state index is 0.193. The molecular formula is C19H26N2O2. The predicted molar refractivity (Wildman–Crippen MR) is 89.6 cm³/mol. The topological polar surface area (TPSA) is 62.0 Å². The first kappa shape index (κ1) is 15.0. The third kappa shape index (κ3) is 2.84. The SMILES string of the molecule is O=C(NC[C@H]1CC[C@@H]2CCC[C@@H]21)c1cc2c([nH]c1=O)CCCC2. The Balaban J connectivity index is 1.44. The number of aromatic nitrogens is 1. The molecule has 2 fully saturated rings. The van der Waals surface area contributed by atoms with Gasteiger partial charge in [0.15, 0.2) is 0 Å². The molecule has 2 N–H and O–H groups in total. The molecular weight excluding hydrogens is 288 g/mol. The van der Waals surface area contributed by atoms with Crippen LogP contribution in [0.4, 0.5) is 0 Å². The van der Waals surface area contributed by atoms with E-state index >= 15 is 0 Å². The summed E-state index contributed by atoms with van der Waals surface area (Å²) in [6, 6.07) is 1.83. The van der Waals surface area contributed by atoms with Crippen molar-refractivity contribution in [1.82, 2.24) is 10.3 Å². The van der Waals surface area contributed by atoms with Gasteiger partial charge in [-0.1, -0.05) is 12.8 Å². The standard InChI is InChI=1S/C19H26N2O2/c22-18(20-11-14-9-8-12-5-3-6-15(12)14)16-10-13-4-1-2-7-17(13)21-19(16)23/h10,12,14-15H,1-9,11H2,(H,20,22)(H,21,23)/t12-,14+,15-/m0/s1. The molecule has 0 unspecified atom stereocenters. The van der Waals surface area contributed by atoms with Gasteiger partial charge in [-0.2, -0.15) is 0 Å². The van der Waals surface area contributed by atoms with Gasteiger partial charge in [-0.15, -0.1) is 0 Å². The Labute approximate surface area is 137 Å². The second-order valence-electron chi connectivity index (χ2n) is 7.63. The van der Waals surface area contributed by atoms with Gasteiger partial charge in [-0.25, -0.2) is 0 Å². The second kappa shape index (κ2) is 6.14. The zero-order chi connectivity index (χ0) is 15.8. The number of fused-ring (bicyclic) bond motifs is 2. The summed E-state index contributed by atoms with van der Waals surface area (Å²) in [6.07, 6.45) is 10.8. The molecule has 2 saturated carbocycles. The number of aryl methyl sites for hydroxylation is 2. The molecule has 0 bridgehead atoms. The fraction of sp³-hybridized carbons (Fsp3) is 0.684. The van der Waals surface area contributed by atoms with Gasteiger partial charge < -0.3 is 10.3 Å². The third-order valence-electron chi connectivity index (χ3n) is 6.34. The number of aromatic amines is 1. The molecule has 0 aliphatic heterocycles. The molecule has 1 aromatic rings. The van der Waals surface area contributed by atoms with Crippen molar-refractivity contribution in [2.45, 2.75) is 57.8 Å². The summed E-state index contributed by atoms with van der Waals surface area (Å²) in [5, 5.41) is 3.04. The van der Waals surface area contributed by atoms with Crippen molar-refractivity contribution in [3.8, 4) is 0 Å². The lowest BCUT2D eigenvalue weighted by atomic mass is 9.92. The van der Waals surface area contributed by atoms with Crippen molar-refractivity contribution < 1.29 is 4.79 Å². The Morgan fingerprint density at radius 1 is 1.13 bits per heavy atom. The molecule has 3 aliphatic carbocycles. The van der Waals surface area contributed by atoms with Crippen LogP contribution in [0.3, 0.4) is 0 Å². The molecule has 124 valence electrons. The van der Waals surface area contributed by atoms with Crippen LogP contribution >= 0.6 is 0 Å². The lowest BCUT2D eigenvalue weighted by molar-refractivity contribution is 0.0941. The van der Waals surface area contributed by atoms with Crippen molar-refractivity contribution in [3.63, 3.8) is 0 Å². The normalized spacial score (nSPS) is 29.1. The number of hydrogen-bond acceptors (Lipinski definition) is 2. The Morgan fingerprint density at radius 2 is 2.00 bits per heavy atom. The van der Waals surface area contributed by atoms with Gasteiger partial charge in [0.05, 0.1) is 0 Å². The molecule has 3 aliphatic rings. The Bertz CT molecular complexity index is 664. The highest BCUT2D eigenvalue weighted by Gasteiger charge is 2.38. The Hall–Kier alpha value is -1.58. The smallest absolute Gasteiger partial charge is 0.261 e. The van der Waals surface area contributed by atoms with Crippen molar-refractivity contribution in [1.29, 1.82) is 0 Å². The minimum Gasteiger partial charge on any atom is -0.352 e. The molecule has 0 radical (unpaired) electrons. The van der Waals surface area contributed by atoms with E-state index in [4.69, 9.17) is 0 Å². The summed E-state index contributed by atoms with van der Waals surface area (Å²) in [7, 11) is 0. The van der Waals surface area contributed by atoms with E-state index in [9.17, 15) is 9.59 Å². The minimum atomic E-state index is -0.228. The lowest BCUT2D eigenvalue weighted by Crippen LogP contribution is -2.35. The van der Waals surface area contributed by atoms with Crippen molar-refractivity contribution >= 4 is 5.91 Å². The first-order chi connectivity index (χ1) is 11.2. The zero-order valence-electron chi connectivity index (χ0n) is 13.7. The molecule has 4 rings (SSSR count). The van der Waals surface area contributed by atoms with Crippen LogP contribution < -0.4 is 10.9 Å². The Morgan fingerprint density at radius 3 is 2.91 bits per heavy atom. The Kier molecular flexibility index (Phi) is 4.00. The number of pyridine rings is 1. The second-order valence-corrected chi connectivity index (χ2v) is 7.63. The van der Waals surface area contributed by atoms with E-state index < -0.39 is 0 Å². The highest BCUT2D eigenvalue weighted by molar-refractivity contribution is 5.94. The maximum Gasteiger partial charge on any atom is 0.261 e.